The number of carbonyl (C=O) groups is 1. The van der Waals surface area contributed by atoms with Crippen LogP contribution in [-0.2, 0) is 4.79 Å². The zero-order chi connectivity index (χ0) is 13.8. The van der Waals surface area contributed by atoms with Gasteiger partial charge in [-0.25, -0.2) is 0 Å². The summed E-state index contributed by atoms with van der Waals surface area (Å²) in [7, 11) is 0. The maximum Gasteiger partial charge on any atom is 0.222 e. The van der Waals surface area contributed by atoms with Gasteiger partial charge >= 0.3 is 0 Å². The molecule has 0 aromatic carbocycles. The number of nitrogens with zero attached hydrogens (tertiary/aromatic N) is 1. The van der Waals surface area contributed by atoms with Crippen LogP contribution in [0.5, 0.6) is 0 Å². The number of likely N-dealkylation sites (tertiary alicyclic amines) is 1. The van der Waals surface area contributed by atoms with Crippen LogP contribution in [0.4, 0.5) is 0 Å². The van der Waals surface area contributed by atoms with Gasteiger partial charge < -0.3 is 10.2 Å². The van der Waals surface area contributed by atoms with Gasteiger partial charge in [0, 0.05) is 19.5 Å². The molecule has 0 bridgehead atoms. The average Bonchev–Trinajstić information content (AvgIpc) is 2.89. The van der Waals surface area contributed by atoms with Crippen molar-refractivity contribution in [1.82, 2.24) is 10.2 Å². The molecule has 0 radical (unpaired) electrons. The maximum atomic E-state index is 12.4. The van der Waals surface area contributed by atoms with Gasteiger partial charge in [0.25, 0.3) is 0 Å². The van der Waals surface area contributed by atoms with Crippen molar-refractivity contribution in [3.8, 4) is 0 Å². The summed E-state index contributed by atoms with van der Waals surface area (Å²) in [5.41, 5.74) is 0. The number of hydrogen-bond acceptors (Lipinski definition) is 2. The fraction of sp³-hybridized carbons (Fsp3) is 0.938. The molecule has 0 aliphatic carbocycles. The van der Waals surface area contributed by atoms with Crippen molar-refractivity contribution < 1.29 is 4.79 Å². The predicted molar refractivity (Wildman–Crippen MR) is 78.9 cm³/mol. The number of rotatable bonds is 4. The van der Waals surface area contributed by atoms with Crippen molar-refractivity contribution in [2.24, 2.45) is 23.7 Å². The quantitative estimate of drug-likeness (QED) is 0.848. The molecule has 3 nitrogen and oxygen atoms in total. The van der Waals surface area contributed by atoms with Crippen LogP contribution in [0.2, 0.25) is 0 Å². The highest BCUT2D eigenvalue weighted by molar-refractivity contribution is 5.76. The molecular weight excluding hydrogens is 236 g/mol. The second-order valence-corrected chi connectivity index (χ2v) is 6.92. The van der Waals surface area contributed by atoms with E-state index in [-0.39, 0.29) is 0 Å². The Labute approximate surface area is 118 Å². The van der Waals surface area contributed by atoms with Crippen molar-refractivity contribution in [2.75, 3.05) is 26.2 Å². The lowest BCUT2D eigenvalue weighted by Gasteiger charge is -2.29. The van der Waals surface area contributed by atoms with Crippen LogP contribution in [0.25, 0.3) is 0 Å². The van der Waals surface area contributed by atoms with E-state index in [0.29, 0.717) is 23.7 Å². The Bertz CT molecular complexity index is 297. The molecule has 2 saturated heterocycles. The Morgan fingerprint density at radius 2 is 2.05 bits per heavy atom. The van der Waals surface area contributed by atoms with Gasteiger partial charge in [0.05, 0.1) is 0 Å². The predicted octanol–water partition coefficient (Wildman–Crippen LogP) is 2.52. The molecule has 0 spiro atoms. The summed E-state index contributed by atoms with van der Waals surface area (Å²) in [6.45, 7) is 11.0. The lowest BCUT2D eigenvalue weighted by Crippen LogP contribution is -2.36. The molecule has 3 heteroatoms. The van der Waals surface area contributed by atoms with E-state index in [4.69, 9.17) is 0 Å². The first kappa shape index (κ1) is 14.8. The Morgan fingerprint density at radius 1 is 1.26 bits per heavy atom. The summed E-state index contributed by atoms with van der Waals surface area (Å²) in [5, 5.41) is 3.46. The maximum absolute atomic E-state index is 12.4. The van der Waals surface area contributed by atoms with Crippen LogP contribution in [0, 0.1) is 23.7 Å². The molecule has 0 aromatic rings. The molecule has 0 aromatic heterocycles. The largest absolute Gasteiger partial charge is 0.342 e. The summed E-state index contributed by atoms with van der Waals surface area (Å²) >= 11 is 0. The molecule has 2 heterocycles. The minimum atomic E-state index is 0.390. The molecule has 19 heavy (non-hydrogen) atoms. The van der Waals surface area contributed by atoms with Crippen LogP contribution >= 0.6 is 0 Å². The average molecular weight is 266 g/mol. The highest BCUT2D eigenvalue weighted by atomic mass is 16.2. The summed E-state index contributed by atoms with van der Waals surface area (Å²) in [6.07, 6.45) is 4.50. The first-order valence-corrected chi connectivity index (χ1v) is 8.06. The standard InChI is InChI=1S/C16H30N2O/c1-12(2)15-6-8-18(11-15)16(19)9-13(3)14-5-4-7-17-10-14/h12-15,17H,4-11H2,1-3H3. The van der Waals surface area contributed by atoms with Gasteiger partial charge in [0.15, 0.2) is 0 Å². The minimum absolute atomic E-state index is 0.390. The Kier molecular flexibility index (Phi) is 5.26. The molecule has 3 atom stereocenters. The fourth-order valence-electron chi connectivity index (χ4n) is 3.49. The van der Waals surface area contributed by atoms with Gasteiger partial charge in [0.2, 0.25) is 5.91 Å². The van der Waals surface area contributed by atoms with E-state index in [1.54, 1.807) is 0 Å². The zero-order valence-electron chi connectivity index (χ0n) is 12.8. The first-order chi connectivity index (χ1) is 9.08. The van der Waals surface area contributed by atoms with Crippen molar-refractivity contribution >= 4 is 5.91 Å². The molecular formula is C16H30N2O. The molecule has 1 N–H and O–H groups in total. The second-order valence-electron chi connectivity index (χ2n) is 6.92. The van der Waals surface area contributed by atoms with Crippen LogP contribution in [0.15, 0.2) is 0 Å². The van der Waals surface area contributed by atoms with E-state index >= 15 is 0 Å². The fourth-order valence-corrected chi connectivity index (χ4v) is 3.49. The van der Waals surface area contributed by atoms with Gasteiger partial charge in [-0.15, -0.1) is 0 Å². The van der Waals surface area contributed by atoms with Crippen LogP contribution in [-0.4, -0.2) is 37.0 Å². The van der Waals surface area contributed by atoms with Gasteiger partial charge in [-0.1, -0.05) is 20.8 Å². The number of hydrogen-bond donors (Lipinski definition) is 1. The number of carbonyl (C=O) groups excluding carboxylic acids is 1. The Morgan fingerprint density at radius 3 is 2.63 bits per heavy atom. The normalized spacial score (nSPS) is 29.8. The second kappa shape index (κ2) is 6.74. The molecule has 0 saturated carbocycles. The monoisotopic (exact) mass is 266 g/mol. The van der Waals surface area contributed by atoms with E-state index in [1.165, 1.54) is 19.3 Å². The van der Waals surface area contributed by atoms with E-state index in [1.807, 2.05) is 0 Å². The van der Waals surface area contributed by atoms with Crippen molar-refractivity contribution in [3.05, 3.63) is 0 Å². The third kappa shape index (κ3) is 3.95. The Balaban J connectivity index is 1.77. The Hall–Kier alpha value is -0.570. The topological polar surface area (TPSA) is 32.3 Å². The first-order valence-electron chi connectivity index (χ1n) is 8.06. The number of nitrogens with one attached hydrogen (secondary N) is 1. The van der Waals surface area contributed by atoms with Gasteiger partial charge in [-0.2, -0.15) is 0 Å². The SMILES string of the molecule is CC(C)C1CCN(C(=O)CC(C)C2CCCNC2)C1. The van der Waals surface area contributed by atoms with Gasteiger partial charge in [-0.05, 0) is 56.0 Å². The van der Waals surface area contributed by atoms with E-state index < -0.39 is 0 Å². The summed E-state index contributed by atoms with van der Waals surface area (Å²) in [4.78, 5) is 14.5. The molecule has 3 unspecified atom stereocenters. The summed E-state index contributed by atoms with van der Waals surface area (Å²) in [6, 6.07) is 0. The van der Waals surface area contributed by atoms with Gasteiger partial charge in [0.1, 0.15) is 0 Å². The lowest BCUT2D eigenvalue weighted by atomic mass is 9.85. The molecule has 110 valence electrons. The van der Waals surface area contributed by atoms with Crippen molar-refractivity contribution in [1.29, 1.82) is 0 Å². The van der Waals surface area contributed by atoms with Crippen molar-refractivity contribution in [2.45, 2.75) is 46.5 Å². The highest BCUT2D eigenvalue weighted by Crippen LogP contribution is 2.27. The van der Waals surface area contributed by atoms with Crippen LogP contribution in [0.1, 0.15) is 46.5 Å². The summed E-state index contributed by atoms with van der Waals surface area (Å²) in [5.74, 6) is 3.04. The lowest BCUT2D eigenvalue weighted by molar-refractivity contribution is -0.131. The third-order valence-electron chi connectivity index (χ3n) is 5.16. The summed E-state index contributed by atoms with van der Waals surface area (Å²) < 4.78 is 0. The smallest absolute Gasteiger partial charge is 0.222 e. The minimum Gasteiger partial charge on any atom is -0.342 e. The van der Waals surface area contributed by atoms with E-state index in [2.05, 4.69) is 31.0 Å². The number of amides is 1. The van der Waals surface area contributed by atoms with Crippen LogP contribution < -0.4 is 5.32 Å². The molecule has 2 aliphatic rings. The number of piperidine rings is 1. The van der Waals surface area contributed by atoms with Gasteiger partial charge in [-0.3, -0.25) is 4.79 Å². The molecule has 2 rings (SSSR count). The van der Waals surface area contributed by atoms with Crippen molar-refractivity contribution in [3.63, 3.8) is 0 Å². The van der Waals surface area contributed by atoms with E-state index in [9.17, 15) is 4.79 Å². The highest BCUT2D eigenvalue weighted by Gasteiger charge is 2.30. The molecule has 2 fully saturated rings. The molecule has 1 amide bonds. The third-order valence-corrected chi connectivity index (χ3v) is 5.16. The van der Waals surface area contributed by atoms with E-state index in [0.717, 1.165) is 38.5 Å². The van der Waals surface area contributed by atoms with Crippen LogP contribution in [0.3, 0.4) is 0 Å². The molecule has 2 aliphatic heterocycles. The zero-order valence-corrected chi connectivity index (χ0v) is 12.8.